The summed E-state index contributed by atoms with van der Waals surface area (Å²) >= 11 is 0. The molecule has 0 radical (unpaired) electrons. The molecule has 3 aromatic carbocycles. The Balaban J connectivity index is 1.33. The quantitative estimate of drug-likeness (QED) is 0.156. The zero-order valence-electron chi connectivity index (χ0n) is 25.4. The average molecular weight is 633 g/mol. The highest BCUT2D eigenvalue weighted by molar-refractivity contribution is 6.09. The molecule has 0 fully saturated rings. The monoisotopic (exact) mass is 632 g/mol. The molecule has 3 heterocycles. The van der Waals surface area contributed by atoms with Gasteiger partial charge in [0.2, 0.25) is 5.82 Å². The minimum absolute atomic E-state index is 0.0212. The number of fused-ring (bicyclic) bond motifs is 2. The molecule has 6 rings (SSSR count). The molecule has 1 aliphatic heterocycles. The highest BCUT2D eigenvalue weighted by Gasteiger charge is 2.38. The van der Waals surface area contributed by atoms with E-state index in [0.29, 0.717) is 37.5 Å². The Hall–Kier alpha value is -5.26. The highest BCUT2D eigenvalue weighted by Crippen LogP contribution is 2.45. The summed E-state index contributed by atoms with van der Waals surface area (Å²) < 4.78 is 62.3. The van der Waals surface area contributed by atoms with E-state index in [1.165, 1.54) is 31.4 Å². The van der Waals surface area contributed by atoms with Crippen molar-refractivity contribution in [2.24, 2.45) is 0 Å². The molecule has 0 aliphatic carbocycles. The van der Waals surface area contributed by atoms with Crippen LogP contribution in [0.2, 0.25) is 0 Å². The van der Waals surface area contributed by atoms with Gasteiger partial charge in [0.25, 0.3) is 5.91 Å². The lowest BCUT2D eigenvalue weighted by Crippen LogP contribution is -2.32. The number of amides is 1. The number of benzene rings is 3. The maximum Gasteiger partial charge on any atom is 0.306 e. The van der Waals surface area contributed by atoms with Crippen LogP contribution < -0.4 is 14.8 Å². The smallest absolute Gasteiger partial charge is 0.306 e. The van der Waals surface area contributed by atoms with E-state index in [4.69, 9.17) is 19.2 Å². The number of halogens is 3. The van der Waals surface area contributed by atoms with Crippen LogP contribution in [0.25, 0.3) is 22.3 Å². The molecule has 1 unspecified atom stereocenters. The molecule has 1 atom stereocenters. The number of H-pyrrole nitrogens is 2. The van der Waals surface area contributed by atoms with Gasteiger partial charge in [-0.1, -0.05) is 18.2 Å². The SMILES string of the molecule is CCOC(=O)CCc1cccc2c1OCCC2(C)c1c[nH]c(-c2cc(Oc3c(F)c(F)c4[nH]ccc4c3C(=O)NC)ccc2F)n1. The van der Waals surface area contributed by atoms with Crippen LogP contribution in [0.4, 0.5) is 13.2 Å². The first-order chi connectivity index (χ1) is 22.2. The fourth-order valence-corrected chi connectivity index (χ4v) is 5.87. The molecule has 0 bridgehead atoms. The lowest BCUT2D eigenvalue weighted by atomic mass is 9.74. The Labute approximate surface area is 262 Å². The Bertz CT molecular complexity index is 1970. The number of carbonyl (C=O) groups is 2. The second kappa shape index (κ2) is 12.3. The summed E-state index contributed by atoms with van der Waals surface area (Å²) in [6.07, 6.45) is 4.34. The van der Waals surface area contributed by atoms with E-state index in [0.717, 1.165) is 17.2 Å². The number of hydrogen-bond acceptors (Lipinski definition) is 6. The van der Waals surface area contributed by atoms with Crippen molar-refractivity contribution in [3.63, 3.8) is 0 Å². The maximum absolute atomic E-state index is 15.3. The normalized spacial score (nSPS) is 15.7. The van der Waals surface area contributed by atoms with Gasteiger partial charge in [0, 0.05) is 42.2 Å². The zero-order valence-corrected chi connectivity index (χ0v) is 25.4. The van der Waals surface area contributed by atoms with Gasteiger partial charge in [-0.2, -0.15) is 4.39 Å². The molecule has 0 saturated carbocycles. The van der Waals surface area contributed by atoms with Gasteiger partial charge in [0.1, 0.15) is 23.1 Å². The highest BCUT2D eigenvalue weighted by atomic mass is 19.2. The van der Waals surface area contributed by atoms with Crippen molar-refractivity contribution < 1.29 is 37.0 Å². The molecule has 9 nitrogen and oxygen atoms in total. The van der Waals surface area contributed by atoms with Crippen LogP contribution in [0, 0.1) is 17.5 Å². The fourth-order valence-electron chi connectivity index (χ4n) is 5.87. The van der Waals surface area contributed by atoms with Crippen LogP contribution in [-0.2, 0) is 21.4 Å². The largest absolute Gasteiger partial charge is 0.493 e. The van der Waals surface area contributed by atoms with Gasteiger partial charge < -0.3 is 29.5 Å². The van der Waals surface area contributed by atoms with Crippen LogP contribution in [0.5, 0.6) is 17.2 Å². The van der Waals surface area contributed by atoms with E-state index in [1.54, 1.807) is 13.1 Å². The number of aromatic nitrogens is 3. The molecule has 5 aromatic rings. The van der Waals surface area contributed by atoms with Gasteiger partial charge in [0.05, 0.1) is 35.6 Å². The minimum Gasteiger partial charge on any atom is -0.493 e. The Morgan fingerprint density at radius 1 is 1.11 bits per heavy atom. The predicted octanol–water partition coefficient (Wildman–Crippen LogP) is 6.71. The summed E-state index contributed by atoms with van der Waals surface area (Å²) in [5.74, 6) is -3.99. The van der Waals surface area contributed by atoms with Crippen LogP contribution in [0.15, 0.2) is 54.9 Å². The Morgan fingerprint density at radius 3 is 2.72 bits per heavy atom. The molecular weight excluding hydrogens is 601 g/mol. The first-order valence-corrected chi connectivity index (χ1v) is 14.8. The molecule has 3 N–H and O–H groups in total. The summed E-state index contributed by atoms with van der Waals surface area (Å²) in [6, 6.07) is 10.9. The van der Waals surface area contributed by atoms with Crippen molar-refractivity contribution in [3.05, 3.63) is 94.7 Å². The standard InChI is InChI=1S/C34H31F3N4O5/c1-4-44-25(42)11-8-18-6-5-7-22-30(18)45-15-13-34(22,2)24-17-40-32(41-24)21-16-19(9-10-23(21)35)46-31-26(33(43)38-3)20-12-14-39-29(20)27(36)28(31)37/h5-7,9-10,12,14,16-17,39H,4,8,11,13,15H2,1-3H3,(H,38,43)(H,40,41). The Kier molecular flexibility index (Phi) is 8.20. The van der Waals surface area contributed by atoms with E-state index >= 15 is 8.78 Å². The molecule has 238 valence electrons. The Morgan fingerprint density at radius 2 is 1.93 bits per heavy atom. The van der Waals surface area contributed by atoms with Crippen molar-refractivity contribution in [2.45, 2.75) is 38.5 Å². The van der Waals surface area contributed by atoms with Crippen molar-refractivity contribution in [2.75, 3.05) is 20.3 Å². The van der Waals surface area contributed by atoms with E-state index in [9.17, 15) is 14.0 Å². The lowest BCUT2D eigenvalue weighted by molar-refractivity contribution is -0.143. The topological polar surface area (TPSA) is 118 Å². The van der Waals surface area contributed by atoms with Gasteiger partial charge in [0.15, 0.2) is 11.6 Å². The number of nitrogens with zero attached hydrogens (tertiary/aromatic N) is 1. The number of hydrogen-bond donors (Lipinski definition) is 3. The summed E-state index contributed by atoms with van der Waals surface area (Å²) in [5.41, 5.74) is 1.41. The second-order valence-electron chi connectivity index (χ2n) is 11.1. The first kappa shape index (κ1) is 30.8. The fraction of sp³-hybridized carbons (Fsp3) is 0.265. The molecule has 2 aromatic heterocycles. The van der Waals surface area contributed by atoms with E-state index in [-0.39, 0.29) is 46.0 Å². The lowest BCUT2D eigenvalue weighted by Gasteiger charge is -2.35. The van der Waals surface area contributed by atoms with E-state index in [2.05, 4.69) is 15.3 Å². The summed E-state index contributed by atoms with van der Waals surface area (Å²) in [4.78, 5) is 35.1. The molecule has 0 spiro atoms. The minimum atomic E-state index is -1.37. The molecule has 46 heavy (non-hydrogen) atoms. The zero-order chi connectivity index (χ0) is 32.6. The third-order valence-electron chi connectivity index (χ3n) is 8.31. The number of aromatic amines is 2. The number of carbonyl (C=O) groups excluding carboxylic acids is 2. The summed E-state index contributed by atoms with van der Waals surface area (Å²) in [6.45, 7) is 4.50. The molecule has 0 saturated heterocycles. The third kappa shape index (κ3) is 5.33. The predicted molar refractivity (Wildman–Crippen MR) is 164 cm³/mol. The van der Waals surface area contributed by atoms with E-state index in [1.807, 2.05) is 25.1 Å². The van der Waals surface area contributed by atoms with E-state index < -0.39 is 34.5 Å². The van der Waals surface area contributed by atoms with Gasteiger partial charge >= 0.3 is 5.97 Å². The van der Waals surface area contributed by atoms with Gasteiger partial charge in [-0.05, 0) is 56.5 Å². The number of esters is 1. The van der Waals surface area contributed by atoms with Crippen molar-refractivity contribution in [1.29, 1.82) is 0 Å². The van der Waals surface area contributed by atoms with Crippen LogP contribution >= 0.6 is 0 Å². The van der Waals surface area contributed by atoms with Crippen molar-refractivity contribution in [1.82, 2.24) is 20.3 Å². The second-order valence-corrected chi connectivity index (χ2v) is 11.1. The number of imidazole rings is 1. The van der Waals surface area contributed by atoms with Gasteiger partial charge in [-0.3, -0.25) is 9.59 Å². The molecule has 12 heteroatoms. The number of para-hydroxylation sites is 1. The number of aryl methyl sites for hydroxylation is 1. The number of rotatable bonds is 9. The summed E-state index contributed by atoms with van der Waals surface area (Å²) in [5, 5.41) is 2.55. The van der Waals surface area contributed by atoms with Crippen molar-refractivity contribution in [3.8, 4) is 28.6 Å². The molecule has 1 aliphatic rings. The van der Waals surface area contributed by atoms with Crippen LogP contribution in [-0.4, -0.2) is 47.1 Å². The number of ether oxygens (including phenoxy) is 3. The average Bonchev–Trinajstić information content (AvgIpc) is 3.75. The number of nitrogens with one attached hydrogen (secondary N) is 3. The van der Waals surface area contributed by atoms with Crippen molar-refractivity contribution >= 4 is 22.8 Å². The third-order valence-corrected chi connectivity index (χ3v) is 8.31. The molecule has 1 amide bonds. The molecular formula is C34H31F3N4O5. The van der Waals surface area contributed by atoms with Crippen LogP contribution in [0.1, 0.15) is 53.9 Å². The summed E-state index contributed by atoms with van der Waals surface area (Å²) in [7, 11) is 1.36. The van der Waals surface area contributed by atoms with Gasteiger partial charge in [-0.15, -0.1) is 0 Å². The van der Waals surface area contributed by atoms with Crippen LogP contribution in [0.3, 0.4) is 0 Å². The van der Waals surface area contributed by atoms with Gasteiger partial charge in [-0.25, -0.2) is 13.8 Å². The first-order valence-electron chi connectivity index (χ1n) is 14.8. The maximum atomic E-state index is 15.3.